The molecule has 0 atom stereocenters. The van der Waals surface area contributed by atoms with Gasteiger partial charge in [0.25, 0.3) is 11.8 Å². The third kappa shape index (κ3) is 3.85. The first-order valence-electron chi connectivity index (χ1n) is 10.4. The van der Waals surface area contributed by atoms with Crippen LogP contribution in [0.1, 0.15) is 20.7 Å². The van der Waals surface area contributed by atoms with E-state index < -0.39 is 0 Å². The molecule has 0 spiro atoms. The molecule has 0 N–H and O–H groups in total. The van der Waals surface area contributed by atoms with E-state index in [1.165, 1.54) is 0 Å². The Kier molecular flexibility index (Phi) is 5.37. The van der Waals surface area contributed by atoms with Crippen LogP contribution < -0.4 is 0 Å². The molecule has 1 saturated heterocycles. The summed E-state index contributed by atoms with van der Waals surface area (Å²) in [5.41, 5.74) is 2.79. The molecule has 32 heavy (non-hydrogen) atoms. The van der Waals surface area contributed by atoms with Crippen molar-refractivity contribution in [3.8, 4) is 11.3 Å². The van der Waals surface area contributed by atoms with Gasteiger partial charge in [0.1, 0.15) is 5.52 Å². The maximum atomic E-state index is 13.2. The van der Waals surface area contributed by atoms with Gasteiger partial charge in [0.2, 0.25) is 0 Å². The lowest BCUT2D eigenvalue weighted by Gasteiger charge is -2.35. The minimum atomic E-state index is -0.0642. The Morgan fingerprint density at radius 3 is 2.03 bits per heavy atom. The van der Waals surface area contributed by atoms with E-state index in [4.69, 9.17) is 16.1 Å². The van der Waals surface area contributed by atoms with Crippen LogP contribution in [0.5, 0.6) is 0 Å². The largest absolute Gasteiger partial charge is 0.355 e. The number of hydrogen-bond donors (Lipinski definition) is 0. The van der Waals surface area contributed by atoms with Crippen LogP contribution in [0.25, 0.3) is 22.2 Å². The van der Waals surface area contributed by atoms with Crippen molar-refractivity contribution in [2.24, 2.45) is 0 Å². The molecule has 0 bridgehead atoms. The number of benzene rings is 3. The van der Waals surface area contributed by atoms with E-state index in [1.54, 1.807) is 46.2 Å². The van der Waals surface area contributed by atoms with Crippen molar-refractivity contribution in [3.63, 3.8) is 0 Å². The molecular weight excluding hydrogens is 426 g/mol. The summed E-state index contributed by atoms with van der Waals surface area (Å²) in [4.78, 5) is 29.4. The third-order valence-corrected chi connectivity index (χ3v) is 5.96. The molecule has 1 aliphatic rings. The number of halogens is 1. The molecule has 0 aliphatic carbocycles. The summed E-state index contributed by atoms with van der Waals surface area (Å²) in [5, 5.41) is 5.52. The Bertz CT molecular complexity index is 1280. The molecule has 2 heterocycles. The topological polar surface area (TPSA) is 66.7 Å². The Hall–Kier alpha value is -3.64. The summed E-state index contributed by atoms with van der Waals surface area (Å²) < 4.78 is 5.54. The summed E-state index contributed by atoms with van der Waals surface area (Å²) >= 11 is 5.91. The molecule has 0 saturated carbocycles. The van der Waals surface area contributed by atoms with Gasteiger partial charge < -0.3 is 14.3 Å². The highest BCUT2D eigenvalue weighted by Crippen LogP contribution is 2.29. The Morgan fingerprint density at radius 1 is 0.781 bits per heavy atom. The highest BCUT2D eigenvalue weighted by Gasteiger charge is 2.26. The van der Waals surface area contributed by atoms with E-state index >= 15 is 0 Å². The number of fused-ring (bicyclic) bond motifs is 1. The summed E-state index contributed by atoms with van der Waals surface area (Å²) in [7, 11) is 0. The minimum absolute atomic E-state index is 0.0489. The van der Waals surface area contributed by atoms with Crippen molar-refractivity contribution in [2.75, 3.05) is 26.2 Å². The van der Waals surface area contributed by atoms with Crippen LogP contribution in [0.3, 0.4) is 0 Å². The highest BCUT2D eigenvalue weighted by molar-refractivity contribution is 6.30. The van der Waals surface area contributed by atoms with Gasteiger partial charge in [0, 0.05) is 47.9 Å². The van der Waals surface area contributed by atoms with Crippen LogP contribution in [-0.4, -0.2) is 52.9 Å². The molecule has 1 fully saturated rings. The predicted octanol–water partition coefficient (Wildman–Crippen LogP) is 4.75. The van der Waals surface area contributed by atoms with Crippen LogP contribution in [0.2, 0.25) is 5.02 Å². The van der Waals surface area contributed by atoms with Gasteiger partial charge in [0.05, 0.1) is 5.39 Å². The first kappa shape index (κ1) is 20.3. The number of piperazine rings is 1. The van der Waals surface area contributed by atoms with E-state index in [1.807, 2.05) is 36.4 Å². The van der Waals surface area contributed by atoms with Crippen molar-refractivity contribution >= 4 is 34.3 Å². The number of hydrogen-bond acceptors (Lipinski definition) is 4. The molecule has 7 heteroatoms. The van der Waals surface area contributed by atoms with Crippen molar-refractivity contribution in [1.29, 1.82) is 0 Å². The average Bonchev–Trinajstić information content (AvgIpc) is 3.27. The summed E-state index contributed by atoms with van der Waals surface area (Å²) in [6.07, 6.45) is 0. The number of carbonyl (C=O) groups excluding carboxylic acids is 2. The lowest BCUT2D eigenvalue weighted by molar-refractivity contribution is 0.0535. The average molecular weight is 446 g/mol. The lowest BCUT2D eigenvalue weighted by Crippen LogP contribution is -2.50. The number of aromatic nitrogens is 1. The van der Waals surface area contributed by atoms with Gasteiger partial charge in [-0.2, -0.15) is 0 Å². The van der Waals surface area contributed by atoms with E-state index in [2.05, 4.69) is 5.16 Å². The molecule has 1 aliphatic heterocycles. The van der Waals surface area contributed by atoms with Gasteiger partial charge in [-0.05, 0) is 42.5 Å². The second-order valence-electron chi connectivity index (χ2n) is 7.70. The van der Waals surface area contributed by atoms with Gasteiger partial charge in [0.15, 0.2) is 5.76 Å². The zero-order valence-electron chi connectivity index (χ0n) is 17.2. The lowest BCUT2D eigenvalue weighted by atomic mass is 10.1. The van der Waals surface area contributed by atoms with E-state index in [0.717, 1.165) is 10.9 Å². The monoisotopic (exact) mass is 445 g/mol. The fourth-order valence-corrected chi connectivity index (χ4v) is 4.07. The molecule has 160 valence electrons. The second kappa shape index (κ2) is 8.48. The first-order valence-corrected chi connectivity index (χ1v) is 10.8. The van der Waals surface area contributed by atoms with E-state index in [0.29, 0.717) is 53.6 Å². The van der Waals surface area contributed by atoms with Crippen LogP contribution in [0.4, 0.5) is 0 Å². The molecule has 5 rings (SSSR count). The van der Waals surface area contributed by atoms with Crippen molar-refractivity contribution in [1.82, 2.24) is 15.0 Å². The molecular formula is C25H20ClN3O3. The van der Waals surface area contributed by atoms with Crippen molar-refractivity contribution < 1.29 is 14.1 Å². The maximum absolute atomic E-state index is 13.2. The molecule has 6 nitrogen and oxygen atoms in total. The zero-order valence-corrected chi connectivity index (χ0v) is 18.0. The molecule has 0 radical (unpaired) electrons. The molecule has 2 amide bonds. The summed E-state index contributed by atoms with van der Waals surface area (Å²) in [6, 6.07) is 22.0. The smallest absolute Gasteiger partial charge is 0.254 e. The SMILES string of the molecule is O=C(c1ccc(Cl)cc1)N1CCN(C(=O)c2ccc3noc(-c4ccccc4)c3c2)CC1. The van der Waals surface area contributed by atoms with Gasteiger partial charge in [-0.1, -0.05) is 47.1 Å². The quantitative estimate of drug-likeness (QED) is 0.456. The Morgan fingerprint density at radius 2 is 1.38 bits per heavy atom. The summed E-state index contributed by atoms with van der Waals surface area (Å²) in [6.45, 7) is 1.92. The number of nitrogens with zero attached hydrogens (tertiary/aromatic N) is 3. The Labute approximate surface area is 190 Å². The molecule has 1 aromatic heterocycles. The first-order chi connectivity index (χ1) is 15.6. The molecule has 3 aromatic carbocycles. The summed E-state index contributed by atoms with van der Waals surface area (Å²) in [5.74, 6) is 0.534. The number of rotatable bonds is 3. The Balaban J connectivity index is 1.31. The second-order valence-corrected chi connectivity index (χ2v) is 8.14. The molecule has 4 aromatic rings. The van der Waals surface area contributed by atoms with E-state index in [-0.39, 0.29) is 11.8 Å². The van der Waals surface area contributed by atoms with Crippen LogP contribution >= 0.6 is 11.6 Å². The minimum Gasteiger partial charge on any atom is -0.355 e. The normalized spacial score (nSPS) is 14.0. The van der Waals surface area contributed by atoms with Gasteiger partial charge >= 0.3 is 0 Å². The van der Waals surface area contributed by atoms with Crippen LogP contribution in [0, 0.1) is 0 Å². The van der Waals surface area contributed by atoms with Crippen LogP contribution in [-0.2, 0) is 0 Å². The van der Waals surface area contributed by atoms with Gasteiger partial charge in [-0.15, -0.1) is 0 Å². The number of carbonyl (C=O) groups is 2. The van der Waals surface area contributed by atoms with Crippen molar-refractivity contribution in [3.05, 3.63) is 88.9 Å². The zero-order chi connectivity index (χ0) is 22.1. The van der Waals surface area contributed by atoms with Crippen molar-refractivity contribution in [2.45, 2.75) is 0 Å². The van der Waals surface area contributed by atoms with Gasteiger partial charge in [-0.3, -0.25) is 9.59 Å². The third-order valence-electron chi connectivity index (χ3n) is 5.70. The number of amides is 2. The fourth-order valence-electron chi connectivity index (χ4n) is 3.94. The highest BCUT2D eigenvalue weighted by atomic mass is 35.5. The van der Waals surface area contributed by atoms with Crippen LogP contribution in [0.15, 0.2) is 77.3 Å². The predicted molar refractivity (Wildman–Crippen MR) is 123 cm³/mol. The standard InChI is InChI=1S/C25H20ClN3O3/c26-20-9-6-18(7-10-20)24(30)28-12-14-29(15-13-28)25(31)19-8-11-22-21(16-19)23(32-27-22)17-4-2-1-3-5-17/h1-11,16H,12-15H2. The van der Waals surface area contributed by atoms with Gasteiger partial charge in [-0.25, -0.2) is 0 Å². The van der Waals surface area contributed by atoms with E-state index in [9.17, 15) is 9.59 Å². The molecule has 0 unspecified atom stereocenters. The fraction of sp³-hybridized carbons (Fsp3) is 0.160. The maximum Gasteiger partial charge on any atom is 0.254 e.